The van der Waals surface area contributed by atoms with Crippen LogP contribution in [0.2, 0.25) is 0 Å². The molecule has 0 saturated carbocycles. The number of nitrogens with zero attached hydrogens (tertiary/aromatic N) is 4. The Morgan fingerprint density at radius 2 is 1.57 bits per heavy atom. The molecule has 2 heterocycles. The second-order valence-electron chi connectivity index (χ2n) is 7.42. The summed E-state index contributed by atoms with van der Waals surface area (Å²) in [5, 5.41) is 21.0. The molecular weight excluding hydrogens is 472 g/mol. The third-order valence-electron chi connectivity index (χ3n) is 5.10. The maximum atomic E-state index is 11.9. The van der Waals surface area contributed by atoms with Gasteiger partial charge in [-0.05, 0) is 36.0 Å². The molecule has 1 aliphatic rings. The molecule has 10 nitrogen and oxygen atoms in total. The van der Waals surface area contributed by atoms with Gasteiger partial charge in [0.15, 0.2) is 5.82 Å². The van der Waals surface area contributed by atoms with Gasteiger partial charge in [0.25, 0.3) is 12.0 Å². The van der Waals surface area contributed by atoms with Crippen molar-refractivity contribution in [3.05, 3.63) is 94.5 Å². The largest absolute Gasteiger partial charge is 0.420 e. The summed E-state index contributed by atoms with van der Waals surface area (Å²) in [7, 11) is 0. The fourth-order valence-corrected chi connectivity index (χ4v) is 4.46. The lowest BCUT2D eigenvalue weighted by Gasteiger charge is -2.22. The molecule has 0 bridgehead atoms. The Kier molecular flexibility index (Phi) is 5.98. The Morgan fingerprint density at radius 1 is 0.914 bits per heavy atom. The monoisotopic (exact) mass is 488 g/mol. The third-order valence-corrected chi connectivity index (χ3v) is 6.11. The molecule has 5 rings (SSSR count). The first-order chi connectivity index (χ1) is 17.0. The Bertz CT molecular complexity index is 1410. The fraction of sp³-hybridized carbons (Fsp3) is 0.0833. The van der Waals surface area contributed by atoms with Crippen molar-refractivity contribution in [2.75, 3.05) is 0 Å². The zero-order valence-corrected chi connectivity index (χ0v) is 18.8. The van der Waals surface area contributed by atoms with Gasteiger partial charge < -0.3 is 9.47 Å². The lowest BCUT2D eigenvalue weighted by atomic mass is 10.2. The first-order valence-corrected chi connectivity index (χ1v) is 11.2. The molecular formula is C24H16N4O6S. The van der Waals surface area contributed by atoms with Crippen molar-refractivity contribution in [2.24, 2.45) is 0 Å². The molecule has 0 atom stereocenters. The van der Waals surface area contributed by atoms with Crippen molar-refractivity contribution in [3.63, 3.8) is 0 Å². The number of carbonyl (C=O) groups is 2. The molecule has 1 aliphatic heterocycles. The topological polar surface area (TPSA) is 126 Å². The molecule has 1 fully saturated rings. The molecule has 35 heavy (non-hydrogen) atoms. The summed E-state index contributed by atoms with van der Waals surface area (Å²) in [4.78, 5) is 34.8. The van der Waals surface area contributed by atoms with E-state index in [1.165, 1.54) is 18.2 Å². The molecule has 11 heteroatoms. The van der Waals surface area contributed by atoms with Gasteiger partial charge in [-0.3, -0.25) is 24.3 Å². The minimum Gasteiger partial charge on any atom is -0.420 e. The molecule has 0 radical (unpaired) electrons. The molecule has 0 aliphatic carbocycles. The van der Waals surface area contributed by atoms with Crippen molar-refractivity contribution < 1.29 is 24.0 Å². The smallest absolute Gasteiger partial charge is 0.320 e. The van der Waals surface area contributed by atoms with Crippen LogP contribution in [0.5, 0.6) is 0 Å². The van der Waals surface area contributed by atoms with Crippen LogP contribution in [-0.4, -0.2) is 31.6 Å². The van der Waals surface area contributed by atoms with Gasteiger partial charge in [-0.15, -0.1) is 10.2 Å². The van der Waals surface area contributed by atoms with Crippen LogP contribution in [0.25, 0.3) is 17.1 Å². The van der Waals surface area contributed by atoms with Crippen LogP contribution in [-0.2, 0) is 19.1 Å². The number of hydrogen-bond donors (Lipinski definition) is 0. The van der Waals surface area contributed by atoms with E-state index in [9.17, 15) is 19.7 Å². The summed E-state index contributed by atoms with van der Waals surface area (Å²) in [6, 6.07) is 23.1. The molecule has 174 valence electrons. The predicted octanol–water partition coefficient (Wildman–Crippen LogP) is 4.48. The molecule has 0 spiro atoms. The Morgan fingerprint density at radius 3 is 2.23 bits per heavy atom. The van der Waals surface area contributed by atoms with E-state index in [1.807, 2.05) is 65.2 Å². The number of para-hydroxylation sites is 1. The molecule has 1 aromatic heterocycles. The zero-order valence-electron chi connectivity index (χ0n) is 17.9. The Balaban J connectivity index is 1.55. The third kappa shape index (κ3) is 4.62. The molecule has 4 aromatic rings. The molecule has 3 aromatic carbocycles. The highest BCUT2D eigenvalue weighted by Gasteiger charge is 2.31. The zero-order chi connectivity index (χ0) is 24.4. The maximum absolute atomic E-state index is 11.9. The molecule has 0 N–H and O–H groups in total. The van der Waals surface area contributed by atoms with Crippen LogP contribution in [0.3, 0.4) is 0 Å². The van der Waals surface area contributed by atoms with Crippen molar-refractivity contribution in [3.8, 4) is 17.1 Å². The number of cyclic esters (lactones) is 2. The van der Waals surface area contributed by atoms with Crippen LogP contribution in [0, 0.1) is 10.1 Å². The van der Waals surface area contributed by atoms with Gasteiger partial charge in [-0.1, -0.05) is 48.5 Å². The normalized spacial score (nSPS) is 13.8. The van der Waals surface area contributed by atoms with Crippen LogP contribution < -0.4 is 0 Å². The standard InChI is InChI=1S/C24H16N4O6S/c29-20-14-21(30)34-23(33-20)16-11-12-19(18(13-16)28(31)32)35-24-26-25-22(15-7-3-1-4-8-15)27(24)17-9-5-2-6-10-17/h1-13,23H,14H2. The minimum absolute atomic E-state index is 0.178. The molecule has 0 amide bonds. The number of aromatic nitrogens is 3. The number of benzene rings is 3. The number of carbonyl (C=O) groups excluding carboxylic acids is 2. The number of hydrogen-bond acceptors (Lipinski definition) is 9. The minimum atomic E-state index is -1.33. The summed E-state index contributed by atoms with van der Waals surface area (Å²) < 4.78 is 11.9. The van der Waals surface area contributed by atoms with Gasteiger partial charge in [-0.2, -0.15) is 0 Å². The highest BCUT2D eigenvalue weighted by Crippen LogP contribution is 2.39. The summed E-state index contributed by atoms with van der Waals surface area (Å²) >= 11 is 1.07. The van der Waals surface area contributed by atoms with Crippen LogP contribution >= 0.6 is 11.8 Å². The Hall–Kier alpha value is -4.51. The summed E-state index contributed by atoms with van der Waals surface area (Å²) in [6.45, 7) is 0. The summed E-state index contributed by atoms with van der Waals surface area (Å²) in [5.41, 5.74) is 1.55. The Labute approximate surface area is 202 Å². The van der Waals surface area contributed by atoms with Crippen molar-refractivity contribution in [1.29, 1.82) is 0 Å². The van der Waals surface area contributed by atoms with Gasteiger partial charge >= 0.3 is 11.9 Å². The van der Waals surface area contributed by atoms with Gasteiger partial charge in [-0.25, -0.2) is 0 Å². The second-order valence-corrected chi connectivity index (χ2v) is 8.43. The molecule has 0 unspecified atom stereocenters. The van der Waals surface area contributed by atoms with Crippen LogP contribution in [0.4, 0.5) is 5.69 Å². The lowest BCUT2D eigenvalue weighted by molar-refractivity contribution is -0.387. The number of esters is 2. The highest BCUT2D eigenvalue weighted by molar-refractivity contribution is 7.99. The highest BCUT2D eigenvalue weighted by atomic mass is 32.2. The van der Waals surface area contributed by atoms with E-state index in [0.717, 1.165) is 23.0 Å². The molecule has 1 saturated heterocycles. The van der Waals surface area contributed by atoms with E-state index < -0.39 is 29.6 Å². The van der Waals surface area contributed by atoms with Gasteiger partial charge in [0.2, 0.25) is 5.16 Å². The van der Waals surface area contributed by atoms with E-state index in [-0.39, 0.29) is 16.1 Å². The van der Waals surface area contributed by atoms with Gasteiger partial charge in [0.1, 0.15) is 6.42 Å². The maximum Gasteiger partial charge on any atom is 0.320 e. The first kappa shape index (κ1) is 22.3. The van der Waals surface area contributed by atoms with Crippen molar-refractivity contribution in [2.45, 2.75) is 22.8 Å². The second kappa shape index (κ2) is 9.39. The average molecular weight is 488 g/mol. The summed E-state index contributed by atoms with van der Waals surface area (Å²) in [5.74, 6) is -0.923. The van der Waals surface area contributed by atoms with Crippen molar-refractivity contribution >= 4 is 29.4 Å². The first-order valence-electron chi connectivity index (χ1n) is 10.4. The average Bonchev–Trinajstić information content (AvgIpc) is 3.28. The van der Waals surface area contributed by atoms with Crippen LogP contribution in [0.1, 0.15) is 18.3 Å². The number of nitro groups is 1. The predicted molar refractivity (Wildman–Crippen MR) is 124 cm³/mol. The number of rotatable bonds is 6. The lowest BCUT2D eigenvalue weighted by Crippen LogP contribution is -2.26. The van der Waals surface area contributed by atoms with E-state index in [2.05, 4.69) is 10.2 Å². The van der Waals surface area contributed by atoms with Crippen LogP contribution in [0.15, 0.2) is 88.9 Å². The van der Waals surface area contributed by atoms with E-state index >= 15 is 0 Å². The van der Waals surface area contributed by atoms with Gasteiger partial charge in [0.05, 0.1) is 9.82 Å². The number of ether oxygens (including phenoxy) is 2. The van der Waals surface area contributed by atoms with Crippen molar-refractivity contribution in [1.82, 2.24) is 14.8 Å². The quantitative estimate of drug-likeness (QED) is 0.167. The summed E-state index contributed by atoms with van der Waals surface area (Å²) in [6.07, 6.45) is -1.83. The van der Waals surface area contributed by atoms with Gasteiger partial charge in [0, 0.05) is 22.9 Å². The van der Waals surface area contributed by atoms with E-state index in [0.29, 0.717) is 11.0 Å². The number of nitro benzene ring substituents is 1. The SMILES string of the molecule is O=C1CC(=O)OC(c2ccc(Sc3nnc(-c4ccccc4)n3-c3ccccc3)c([N+](=O)[O-])c2)O1. The van der Waals surface area contributed by atoms with E-state index in [4.69, 9.17) is 9.47 Å². The fourth-order valence-electron chi connectivity index (χ4n) is 3.53. The van der Waals surface area contributed by atoms with E-state index in [1.54, 1.807) is 0 Å².